The first-order valence-electron chi connectivity index (χ1n) is 8.92. The van der Waals surface area contributed by atoms with Crippen LogP contribution >= 0.6 is 46.4 Å². The quantitative estimate of drug-likeness (QED) is 0.288. The van der Waals surface area contributed by atoms with Crippen LogP contribution in [0.2, 0.25) is 20.1 Å². The van der Waals surface area contributed by atoms with Gasteiger partial charge in [0.15, 0.2) is 5.75 Å². The number of nitriles is 1. The maximum Gasteiger partial charge on any atom is 0.266 e. The molecular formula is C23H14Cl4N2O2. The molecule has 0 saturated carbocycles. The van der Waals surface area contributed by atoms with E-state index in [4.69, 9.17) is 51.1 Å². The minimum Gasteiger partial charge on any atom is -0.486 e. The molecule has 0 atom stereocenters. The van der Waals surface area contributed by atoms with Crippen molar-refractivity contribution in [2.75, 3.05) is 5.32 Å². The summed E-state index contributed by atoms with van der Waals surface area (Å²) in [7, 11) is 0. The fourth-order valence-corrected chi connectivity index (χ4v) is 3.75. The molecule has 3 aromatic rings. The van der Waals surface area contributed by atoms with Crippen LogP contribution in [0.25, 0.3) is 6.08 Å². The van der Waals surface area contributed by atoms with Gasteiger partial charge in [-0.15, -0.1) is 0 Å². The summed E-state index contributed by atoms with van der Waals surface area (Å²) in [6.45, 7) is 0.292. The summed E-state index contributed by atoms with van der Waals surface area (Å²) < 4.78 is 5.73. The number of hydrogen-bond acceptors (Lipinski definition) is 3. The van der Waals surface area contributed by atoms with Gasteiger partial charge in [-0.2, -0.15) is 5.26 Å². The molecule has 0 aromatic heterocycles. The lowest BCUT2D eigenvalue weighted by molar-refractivity contribution is -0.112. The second-order valence-electron chi connectivity index (χ2n) is 6.31. The molecule has 0 heterocycles. The van der Waals surface area contributed by atoms with Gasteiger partial charge in [0, 0.05) is 0 Å². The van der Waals surface area contributed by atoms with E-state index in [1.807, 2.05) is 36.4 Å². The van der Waals surface area contributed by atoms with E-state index in [0.29, 0.717) is 17.9 Å². The number of ether oxygens (including phenoxy) is 1. The fourth-order valence-electron chi connectivity index (χ4n) is 2.64. The van der Waals surface area contributed by atoms with Gasteiger partial charge < -0.3 is 10.1 Å². The van der Waals surface area contributed by atoms with E-state index >= 15 is 0 Å². The molecule has 0 saturated heterocycles. The van der Waals surface area contributed by atoms with Crippen molar-refractivity contribution in [1.82, 2.24) is 0 Å². The van der Waals surface area contributed by atoms with E-state index < -0.39 is 5.91 Å². The number of carbonyl (C=O) groups is 1. The molecule has 0 aliphatic heterocycles. The number of hydrogen-bond donors (Lipinski definition) is 1. The summed E-state index contributed by atoms with van der Waals surface area (Å²) >= 11 is 24.8. The number of anilines is 1. The fraction of sp³-hybridized carbons (Fsp3) is 0.0435. The first-order valence-corrected chi connectivity index (χ1v) is 10.4. The highest BCUT2D eigenvalue weighted by molar-refractivity contribution is 6.40. The molecule has 8 heteroatoms. The van der Waals surface area contributed by atoms with Crippen molar-refractivity contribution in [3.8, 4) is 11.8 Å². The van der Waals surface area contributed by atoms with Crippen LogP contribution in [0.3, 0.4) is 0 Å². The Labute approximate surface area is 199 Å². The average molecular weight is 492 g/mol. The van der Waals surface area contributed by atoms with E-state index in [9.17, 15) is 10.1 Å². The van der Waals surface area contributed by atoms with Gasteiger partial charge >= 0.3 is 0 Å². The van der Waals surface area contributed by atoms with Gasteiger partial charge in [-0.1, -0.05) is 82.8 Å². The number of nitrogens with one attached hydrogen (secondary N) is 1. The van der Waals surface area contributed by atoms with E-state index in [1.165, 1.54) is 6.08 Å². The van der Waals surface area contributed by atoms with Crippen LogP contribution in [0, 0.1) is 11.3 Å². The van der Waals surface area contributed by atoms with Gasteiger partial charge in [0.1, 0.15) is 18.2 Å². The normalized spacial score (nSPS) is 11.0. The monoisotopic (exact) mass is 490 g/mol. The number of nitrogens with zero attached hydrogens (tertiary/aromatic N) is 1. The topological polar surface area (TPSA) is 62.1 Å². The zero-order chi connectivity index (χ0) is 22.4. The predicted molar refractivity (Wildman–Crippen MR) is 126 cm³/mol. The molecule has 156 valence electrons. The zero-order valence-corrected chi connectivity index (χ0v) is 18.9. The Morgan fingerprint density at radius 3 is 2.13 bits per heavy atom. The summed E-state index contributed by atoms with van der Waals surface area (Å²) in [4.78, 5) is 12.5. The Morgan fingerprint density at radius 1 is 0.935 bits per heavy atom. The third kappa shape index (κ3) is 5.94. The lowest BCUT2D eigenvalue weighted by Crippen LogP contribution is -2.14. The summed E-state index contributed by atoms with van der Waals surface area (Å²) in [6, 6.07) is 19.3. The third-order valence-corrected chi connectivity index (χ3v) is 5.32. The lowest BCUT2D eigenvalue weighted by atomic mass is 10.1. The number of carbonyl (C=O) groups excluding carboxylic acids is 1. The summed E-state index contributed by atoms with van der Waals surface area (Å²) in [5.74, 6) is -0.357. The van der Waals surface area contributed by atoms with Gasteiger partial charge in [-0.3, -0.25) is 4.79 Å². The number of rotatable bonds is 6. The Hall–Kier alpha value is -2.68. The predicted octanol–water partition coefficient (Wildman–Crippen LogP) is 7.42. The number of para-hydroxylation sites is 1. The van der Waals surface area contributed by atoms with Crippen molar-refractivity contribution < 1.29 is 9.53 Å². The molecule has 0 aliphatic rings. The van der Waals surface area contributed by atoms with Crippen LogP contribution in [0.5, 0.6) is 5.75 Å². The molecule has 0 spiro atoms. The van der Waals surface area contributed by atoms with Crippen molar-refractivity contribution in [2.24, 2.45) is 0 Å². The molecule has 0 aliphatic carbocycles. The van der Waals surface area contributed by atoms with Crippen molar-refractivity contribution in [3.05, 3.63) is 97.5 Å². The number of benzene rings is 3. The maximum absolute atomic E-state index is 12.5. The van der Waals surface area contributed by atoms with Crippen molar-refractivity contribution in [2.45, 2.75) is 6.61 Å². The molecular weight excluding hydrogens is 478 g/mol. The first kappa shape index (κ1) is 23.0. The Balaban J connectivity index is 1.81. The molecule has 0 bridgehead atoms. The standard InChI is InChI=1S/C23H14Cl4N2O2/c24-17-7-4-8-18(25)21(17)29-23(30)16(12-28)9-15-10-19(26)22(20(27)11-15)31-13-14-5-2-1-3-6-14/h1-11H,13H2,(H,29,30)/b16-9+. The van der Waals surface area contributed by atoms with Gasteiger partial charge in [0.05, 0.1) is 25.8 Å². The van der Waals surface area contributed by atoms with Gasteiger partial charge in [0.25, 0.3) is 5.91 Å². The largest absolute Gasteiger partial charge is 0.486 e. The summed E-state index contributed by atoms with van der Waals surface area (Å²) in [5.41, 5.74) is 1.46. The summed E-state index contributed by atoms with van der Waals surface area (Å²) in [6.07, 6.45) is 1.36. The van der Waals surface area contributed by atoms with Crippen LogP contribution < -0.4 is 10.1 Å². The lowest BCUT2D eigenvalue weighted by Gasteiger charge is -2.11. The van der Waals surface area contributed by atoms with E-state index in [0.717, 1.165) is 5.56 Å². The van der Waals surface area contributed by atoms with Crippen molar-refractivity contribution >= 4 is 64.1 Å². The zero-order valence-electron chi connectivity index (χ0n) is 15.8. The molecule has 31 heavy (non-hydrogen) atoms. The SMILES string of the molecule is N#C/C(=C\c1cc(Cl)c(OCc2ccccc2)c(Cl)c1)C(=O)Nc1c(Cl)cccc1Cl. The van der Waals surface area contributed by atoms with E-state index in [-0.39, 0.29) is 31.4 Å². The highest BCUT2D eigenvalue weighted by Crippen LogP contribution is 2.36. The van der Waals surface area contributed by atoms with Crippen LogP contribution in [-0.4, -0.2) is 5.91 Å². The summed E-state index contributed by atoms with van der Waals surface area (Å²) in [5, 5.41) is 13.0. The highest BCUT2D eigenvalue weighted by atomic mass is 35.5. The maximum atomic E-state index is 12.5. The van der Waals surface area contributed by atoms with E-state index in [2.05, 4.69) is 5.32 Å². The van der Waals surface area contributed by atoms with Crippen molar-refractivity contribution in [1.29, 1.82) is 5.26 Å². The van der Waals surface area contributed by atoms with Crippen LogP contribution in [0.15, 0.2) is 66.2 Å². The van der Waals surface area contributed by atoms with Crippen LogP contribution in [0.4, 0.5) is 5.69 Å². The first-order chi connectivity index (χ1) is 14.9. The third-order valence-electron chi connectivity index (χ3n) is 4.12. The minimum absolute atomic E-state index is 0.180. The number of halogens is 4. The Morgan fingerprint density at radius 2 is 1.55 bits per heavy atom. The molecule has 0 fully saturated rings. The van der Waals surface area contributed by atoms with E-state index in [1.54, 1.807) is 30.3 Å². The molecule has 0 unspecified atom stereocenters. The van der Waals surface area contributed by atoms with Crippen LogP contribution in [-0.2, 0) is 11.4 Å². The molecule has 1 N–H and O–H groups in total. The van der Waals surface area contributed by atoms with Crippen LogP contribution in [0.1, 0.15) is 11.1 Å². The molecule has 3 rings (SSSR count). The van der Waals surface area contributed by atoms with Crippen molar-refractivity contribution in [3.63, 3.8) is 0 Å². The molecule has 4 nitrogen and oxygen atoms in total. The smallest absolute Gasteiger partial charge is 0.266 e. The minimum atomic E-state index is -0.672. The van der Waals surface area contributed by atoms with Gasteiger partial charge in [0.2, 0.25) is 0 Å². The molecule has 1 amide bonds. The van der Waals surface area contributed by atoms with Gasteiger partial charge in [-0.25, -0.2) is 0 Å². The molecule has 3 aromatic carbocycles. The Bertz CT molecular complexity index is 1140. The highest BCUT2D eigenvalue weighted by Gasteiger charge is 2.15. The average Bonchev–Trinajstić information content (AvgIpc) is 2.74. The molecule has 0 radical (unpaired) electrons. The Kier molecular flexibility index (Phi) is 7.84. The second kappa shape index (κ2) is 10.6. The van der Waals surface area contributed by atoms with Gasteiger partial charge in [-0.05, 0) is 41.5 Å². The number of amides is 1. The second-order valence-corrected chi connectivity index (χ2v) is 7.94.